The van der Waals surface area contributed by atoms with E-state index in [1.54, 1.807) is 0 Å². The maximum atomic E-state index is 15.9. The number of nitriles is 1. The summed E-state index contributed by atoms with van der Waals surface area (Å²) in [4.78, 5) is 19.3. The van der Waals surface area contributed by atoms with Gasteiger partial charge in [-0.3, -0.25) is 14.7 Å². The predicted octanol–water partition coefficient (Wildman–Crippen LogP) is 5.15. The third kappa shape index (κ3) is 4.13. The van der Waals surface area contributed by atoms with Crippen LogP contribution in [0.2, 0.25) is 5.02 Å². The van der Waals surface area contributed by atoms with Crippen LogP contribution in [0.1, 0.15) is 51.1 Å². The fraction of sp³-hybridized carbons (Fsp3) is 0.269. The number of nitrogens with zero attached hydrogens (tertiary/aromatic N) is 3. The van der Waals surface area contributed by atoms with Crippen LogP contribution in [0.3, 0.4) is 0 Å². The first-order valence-electron chi connectivity index (χ1n) is 12.6. The standard InChI is InChI=1S/C26H20BrClFN3O3/c27-18-9-21-23(22(29)10-18)26(17-2-4-19(28)5-3-17,35-15-25(14-33)7-8-25)32(24(21)34)13-20-6-1-16(11-30)12-31-20/h1-6,9-10,12,33H,7-8,13-15H2/t26-/m1/s1/i14D2,15D2. The molecule has 0 radical (unpaired) electrons. The molecule has 2 aliphatic rings. The van der Waals surface area contributed by atoms with Crippen LogP contribution in [-0.2, 0) is 17.0 Å². The van der Waals surface area contributed by atoms with Crippen molar-refractivity contribution in [2.45, 2.75) is 25.1 Å². The Balaban J connectivity index is 1.77. The van der Waals surface area contributed by atoms with E-state index in [0.717, 1.165) is 11.0 Å². The van der Waals surface area contributed by atoms with E-state index in [1.807, 2.05) is 6.07 Å². The molecule has 0 unspecified atom stereocenters. The Kier molecular flexibility index (Phi) is 4.98. The quantitative estimate of drug-likeness (QED) is 0.432. The first kappa shape index (κ1) is 19.4. The maximum Gasteiger partial charge on any atom is 0.257 e. The molecule has 1 fully saturated rings. The summed E-state index contributed by atoms with van der Waals surface area (Å²) < 4.78 is 55.9. The van der Waals surface area contributed by atoms with Gasteiger partial charge in [0.15, 0.2) is 5.72 Å². The molecule has 1 amide bonds. The van der Waals surface area contributed by atoms with Crippen molar-refractivity contribution in [3.63, 3.8) is 0 Å². The normalized spacial score (nSPS) is 22.5. The molecule has 35 heavy (non-hydrogen) atoms. The molecular formula is C26H20BrClFN3O3. The number of pyridine rings is 1. The lowest BCUT2D eigenvalue weighted by Gasteiger charge is -2.40. The molecule has 6 nitrogen and oxygen atoms in total. The number of carbonyl (C=O) groups is 1. The molecule has 2 aromatic carbocycles. The molecule has 5 rings (SSSR count). The zero-order valence-corrected chi connectivity index (χ0v) is 20.4. The summed E-state index contributed by atoms with van der Waals surface area (Å²) in [7, 11) is 0. The number of halogens is 3. The third-order valence-electron chi connectivity index (χ3n) is 6.12. The van der Waals surface area contributed by atoms with Gasteiger partial charge in [-0.15, -0.1) is 0 Å². The summed E-state index contributed by atoms with van der Waals surface area (Å²) in [6, 6.07) is 13.4. The molecule has 1 saturated carbocycles. The largest absolute Gasteiger partial charge is 0.396 e. The zero-order valence-electron chi connectivity index (χ0n) is 22.1. The Morgan fingerprint density at radius 2 is 2.03 bits per heavy atom. The van der Waals surface area contributed by atoms with Gasteiger partial charge < -0.3 is 9.84 Å². The summed E-state index contributed by atoms with van der Waals surface area (Å²) in [6.07, 6.45) is 1.23. The van der Waals surface area contributed by atoms with Gasteiger partial charge in [0.05, 0.1) is 47.5 Å². The van der Waals surface area contributed by atoms with E-state index in [9.17, 15) is 9.90 Å². The molecule has 1 aliphatic heterocycles. The lowest BCUT2D eigenvalue weighted by molar-refractivity contribution is -0.130. The second kappa shape index (κ2) is 8.99. The Labute approximate surface area is 220 Å². The second-order valence-corrected chi connectivity index (χ2v) is 9.75. The molecule has 1 atom stereocenters. The van der Waals surface area contributed by atoms with E-state index in [1.165, 1.54) is 48.7 Å². The van der Waals surface area contributed by atoms with Crippen LogP contribution >= 0.6 is 27.5 Å². The number of carbonyl (C=O) groups excluding carboxylic acids is 1. The average molecular weight is 561 g/mol. The number of fused-ring (bicyclic) bond motifs is 1. The summed E-state index contributed by atoms with van der Waals surface area (Å²) >= 11 is 9.33. The van der Waals surface area contributed by atoms with E-state index >= 15 is 4.39 Å². The Morgan fingerprint density at radius 3 is 2.63 bits per heavy atom. The van der Waals surface area contributed by atoms with Crippen molar-refractivity contribution in [3.8, 4) is 6.07 Å². The van der Waals surface area contributed by atoms with Crippen LogP contribution in [0.4, 0.5) is 4.39 Å². The maximum absolute atomic E-state index is 15.9. The van der Waals surface area contributed by atoms with Gasteiger partial charge >= 0.3 is 0 Å². The highest BCUT2D eigenvalue weighted by atomic mass is 79.9. The van der Waals surface area contributed by atoms with E-state index in [-0.39, 0.29) is 46.1 Å². The molecule has 1 N–H and O–H groups in total. The molecule has 2 heterocycles. The highest BCUT2D eigenvalue weighted by Crippen LogP contribution is 2.52. The van der Waals surface area contributed by atoms with E-state index in [0.29, 0.717) is 10.7 Å². The van der Waals surface area contributed by atoms with Gasteiger partial charge in [-0.1, -0.05) is 39.7 Å². The fourth-order valence-corrected chi connectivity index (χ4v) is 4.67. The number of hydrogen-bond donors (Lipinski definition) is 1. The van der Waals surface area contributed by atoms with Crippen molar-refractivity contribution in [3.05, 3.63) is 98.0 Å². The number of rotatable bonds is 7. The van der Waals surface area contributed by atoms with Gasteiger partial charge in [0.2, 0.25) is 0 Å². The molecule has 178 valence electrons. The topological polar surface area (TPSA) is 86.5 Å². The van der Waals surface area contributed by atoms with E-state index < -0.39 is 36.0 Å². The van der Waals surface area contributed by atoms with Gasteiger partial charge in [0.25, 0.3) is 5.91 Å². The molecule has 0 spiro atoms. The monoisotopic (exact) mass is 559 g/mol. The molecule has 0 saturated heterocycles. The second-order valence-electron chi connectivity index (χ2n) is 8.40. The van der Waals surface area contributed by atoms with Crippen molar-refractivity contribution < 1.29 is 24.5 Å². The molecule has 3 aromatic rings. The lowest BCUT2D eigenvalue weighted by atomic mass is 9.92. The SMILES string of the molecule is [2H]C([2H])(O)C1(C([2H])([2H])O[C@]2(c3ccc(Cl)cc3)c3c(F)cc(Br)cc3C(=O)N2Cc2ccc(C#N)cn2)CC1. The molecule has 1 aromatic heterocycles. The Morgan fingerprint density at radius 1 is 1.29 bits per heavy atom. The van der Waals surface area contributed by atoms with Crippen LogP contribution in [-0.4, -0.2) is 34.0 Å². The predicted molar refractivity (Wildman–Crippen MR) is 130 cm³/mol. The smallest absolute Gasteiger partial charge is 0.257 e. The van der Waals surface area contributed by atoms with Crippen LogP contribution in [0.15, 0.2) is 59.2 Å². The number of aliphatic hydroxyl groups is 1. The lowest BCUT2D eigenvalue weighted by Crippen LogP contribution is -2.48. The van der Waals surface area contributed by atoms with Crippen LogP contribution in [0, 0.1) is 22.6 Å². The highest BCUT2D eigenvalue weighted by molar-refractivity contribution is 9.10. The zero-order chi connectivity index (χ0) is 28.4. The Bertz CT molecular complexity index is 1510. The van der Waals surface area contributed by atoms with Gasteiger partial charge in [-0.25, -0.2) is 4.39 Å². The number of hydrogen-bond acceptors (Lipinski definition) is 5. The molecule has 9 heteroatoms. The first-order chi connectivity index (χ1) is 18.3. The van der Waals surface area contributed by atoms with Gasteiger partial charge in [0.1, 0.15) is 11.9 Å². The van der Waals surface area contributed by atoms with Crippen LogP contribution in [0.5, 0.6) is 0 Å². The van der Waals surface area contributed by atoms with Crippen molar-refractivity contribution in [2.75, 3.05) is 13.1 Å². The summed E-state index contributed by atoms with van der Waals surface area (Å²) in [5, 5.41) is 19.8. The minimum absolute atomic E-state index is 0.0407. The number of ether oxygens (including phenoxy) is 1. The number of amides is 1. The van der Waals surface area contributed by atoms with Crippen molar-refractivity contribution in [1.29, 1.82) is 5.26 Å². The first-order valence-corrected chi connectivity index (χ1v) is 11.8. The minimum atomic E-state index is -2.97. The summed E-state index contributed by atoms with van der Waals surface area (Å²) in [5.41, 5.74) is -3.86. The summed E-state index contributed by atoms with van der Waals surface area (Å²) in [6.45, 7) is -6.14. The van der Waals surface area contributed by atoms with Crippen molar-refractivity contribution in [2.24, 2.45) is 5.41 Å². The van der Waals surface area contributed by atoms with Crippen LogP contribution in [0.25, 0.3) is 0 Å². The average Bonchev–Trinajstić information content (AvgIpc) is 3.66. The summed E-state index contributed by atoms with van der Waals surface area (Å²) in [5.74, 6) is -1.57. The number of benzene rings is 2. The third-order valence-corrected chi connectivity index (χ3v) is 6.83. The van der Waals surface area contributed by atoms with E-state index in [2.05, 4.69) is 20.9 Å². The van der Waals surface area contributed by atoms with Crippen molar-refractivity contribution in [1.82, 2.24) is 9.88 Å². The molecule has 0 bridgehead atoms. The van der Waals surface area contributed by atoms with Crippen LogP contribution < -0.4 is 0 Å². The van der Waals surface area contributed by atoms with Gasteiger partial charge in [-0.2, -0.15) is 5.26 Å². The van der Waals surface area contributed by atoms with Crippen molar-refractivity contribution >= 4 is 33.4 Å². The molecular weight excluding hydrogens is 537 g/mol. The minimum Gasteiger partial charge on any atom is -0.396 e. The van der Waals surface area contributed by atoms with Gasteiger partial charge in [0, 0.05) is 26.7 Å². The van der Waals surface area contributed by atoms with Gasteiger partial charge in [-0.05, 0) is 49.2 Å². The molecule has 1 aliphatic carbocycles. The fourth-order valence-electron chi connectivity index (χ4n) is 4.11. The van der Waals surface area contributed by atoms with E-state index in [4.69, 9.17) is 27.1 Å². The number of aromatic nitrogens is 1. The highest BCUT2D eigenvalue weighted by Gasteiger charge is 2.56. The Hall–Kier alpha value is -2.83.